The van der Waals surface area contributed by atoms with E-state index in [4.69, 9.17) is 17.3 Å². The third kappa shape index (κ3) is 2.07. The minimum atomic E-state index is 0.169. The molecule has 0 aliphatic carbocycles. The molecule has 0 atom stereocenters. The Labute approximate surface area is 93.8 Å². The molecule has 0 bridgehead atoms. The van der Waals surface area contributed by atoms with Gasteiger partial charge in [0.1, 0.15) is 0 Å². The number of nitrogens with two attached hydrogens (primary N) is 1. The summed E-state index contributed by atoms with van der Waals surface area (Å²) in [5.74, 6) is 0.169. The van der Waals surface area contributed by atoms with Gasteiger partial charge in [-0.15, -0.1) is 0 Å². The van der Waals surface area contributed by atoms with E-state index in [2.05, 4.69) is 0 Å². The van der Waals surface area contributed by atoms with E-state index in [9.17, 15) is 4.79 Å². The summed E-state index contributed by atoms with van der Waals surface area (Å²) in [6.07, 6.45) is 2.66. The van der Waals surface area contributed by atoms with Crippen LogP contribution in [0.1, 0.15) is 19.3 Å². The highest BCUT2D eigenvalue weighted by Crippen LogP contribution is 2.27. The van der Waals surface area contributed by atoms with Crippen LogP contribution < -0.4 is 10.6 Å². The second-order valence-electron chi connectivity index (χ2n) is 3.71. The molecule has 15 heavy (non-hydrogen) atoms. The average Bonchev–Trinajstić information content (AvgIpc) is 2.23. The van der Waals surface area contributed by atoms with E-state index in [0.29, 0.717) is 17.1 Å². The molecular formula is C11H13ClN2O. The predicted molar refractivity (Wildman–Crippen MR) is 62.1 cm³/mol. The molecule has 1 heterocycles. The van der Waals surface area contributed by atoms with Gasteiger partial charge in [-0.1, -0.05) is 11.6 Å². The van der Waals surface area contributed by atoms with E-state index in [0.717, 1.165) is 25.1 Å². The van der Waals surface area contributed by atoms with Gasteiger partial charge in [0.2, 0.25) is 5.91 Å². The van der Waals surface area contributed by atoms with Gasteiger partial charge in [0, 0.05) is 18.7 Å². The molecule has 1 aromatic rings. The van der Waals surface area contributed by atoms with E-state index in [1.807, 2.05) is 6.07 Å². The highest BCUT2D eigenvalue weighted by Gasteiger charge is 2.19. The van der Waals surface area contributed by atoms with Gasteiger partial charge >= 0.3 is 0 Å². The maximum atomic E-state index is 11.6. The smallest absolute Gasteiger partial charge is 0.226 e. The quantitative estimate of drug-likeness (QED) is 0.745. The molecule has 80 valence electrons. The van der Waals surface area contributed by atoms with Crippen molar-refractivity contribution in [3.63, 3.8) is 0 Å². The van der Waals surface area contributed by atoms with Crippen LogP contribution in [0.25, 0.3) is 0 Å². The molecule has 0 saturated carbocycles. The maximum absolute atomic E-state index is 11.6. The van der Waals surface area contributed by atoms with E-state index in [-0.39, 0.29) is 5.91 Å². The Bertz CT molecular complexity index is 392. The highest BCUT2D eigenvalue weighted by atomic mass is 35.5. The summed E-state index contributed by atoms with van der Waals surface area (Å²) in [7, 11) is 0. The van der Waals surface area contributed by atoms with Gasteiger partial charge < -0.3 is 10.6 Å². The monoisotopic (exact) mass is 224 g/mol. The van der Waals surface area contributed by atoms with Gasteiger partial charge in [0.05, 0.1) is 10.7 Å². The Hall–Kier alpha value is -1.22. The number of halogens is 1. The van der Waals surface area contributed by atoms with Crippen molar-refractivity contribution >= 4 is 28.9 Å². The zero-order valence-corrected chi connectivity index (χ0v) is 9.13. The van der Waals surface area contributed by atoms with Gasteiger partial charge in [-0.25, -0.2) is 0 Å². The average molecular weight is 225 g/mol. The van der Waals surface area contributed by atoms with E-state index in [1.54, 1.807) is 17.0 Å². The lowest BCUT2D eigenvalue weighted by atomic mass is 10.1. The number of anilines is 2. The van der Waals surface area contributed by atoms with Crippen LogP contribution in [-0.2, 0) is 4.79 Å². The predicted octanol–water partition coefficient (Wildman–Crippen LogP) is 2.44. The Morgan fingerprint density at radius 3 is 2.80 bits per heavy atom. The van der Waals surface area contributed by atoms with Crippen LogP contribution >= 0.6 is 11.6 Å². The number of nitrogens with zero attached hydrogens (tertiary/aromatic N) is 1. The van der Waals surface area contributed by atoms with Gasteiger partial charge in [-0.05, 0) is 31.0 Å². The van der Waals surface area contributed by atoms with E-state index >= 15 is 0 Å². The molecule has 1 aromatic carbocycles. The lowest BCUT2D eigenvalue weighted by Gasteiger charge is -2.27. The number of carbonyl (C=O) groups excluding carboxylic acids is 1. The molecule has 1 aliphatic rings. The summed E-state index contributed by atoms with van der Waals surface area (Å²) in [6, 6.07) is 5.32. The van der Waals surface area contributed by atoms with Crippen LogP contribution in [-0.4, -0.2) is 12.5 Å². The first-order valence-corrected chi connectivity index (χ1v) is 5.41. The maximum Gasteiger partial charge on any atom is 0.226 e. The first-order chi connectivity index (χ1) is 7.18. The van der Waals surface area contributed by atoms with Gasteiger partial charge in [0.25, 0.3) is 0 Å². The number of rotatable bonds is 1. The number of amides is 1. The highest BCUT2D eigenvalue weighted by molar-refractivity contribution is 6.33. The second-order valence-corrected chi connectivity index (χ2v) is 4.12. The van der Waals surface area contributed by atoms with Crippen molar-refractivity contribution in [2.75, 3.05) is 17.2 Å². The number of piperidine rings is 1. The first-order valence-electron chi connectivity index (χ1n) is 5.04. The first kappa shape index (κ1) is 10.3. The molecule has 0 spiro atoms. The van der Waals surface area contributed by atoms with Crippen LogP contribution in [0.3, 0.4) is 0 Å². The SMILES string of the molecule is Nc1ccc(N2CCCCC2=O)cc1Cl. The molecule has 0 aromatic heterocycles. The van der Waals surface area contributed by atoms with Crippen molar-refractivity contribution in [3.8, 4) is 0 Å². The van der Waals surface area contributed by atoms with Crippen LogP contribution in [0.2, 0.25) is 5.02 Å². The Balaban J connectivity index is 2.28. The fourth-order valence-corrected chi connectivity index (χ4v) is 1.94. The summed E-state index contributed by atoms with van der Waals surface area (Å²) >= 11 is 5.92. The molecule has 1 fully saturated rings. The summed E-state index contributed by atoms with van der Waals surface area (Å²) in [4.78, 5) is 13.4. The number of benzene rings is 1. The molecule has 3 nitrogen and oxygen atoms in total. The minimum Gasteiger partial charge on any atom is -0.398 e. The standard InChI is InChI=1S/C11H13ClN2O/c12-9-7-8(4-5-10(9)13)14-6-2-1-3-11(14)15/h4-5,7H,1-3,6,13H2. The van der Waals surface area contributed by atoms with Gasteiger partial charge in [-0.3, -0.25) is 4.79 Å². The lowest BCUT2D eigenvalue weighted by molar-refractivity contribution is -0.119. The largest absolute Gasteiger partial charge is 0.398 e. The molecule has 1 saturated heterocycles. The van der Waals surface area contributed by atoms with Crippen LogP contribution in [0.15, 0.2) is 18.2 Å². The third-order valence-electron chi connectivity index (χ3n) is 2.62. The van der Waals surface area contributed by atoms with Crippen LogP contribution in [0.5, 0.6) is 0 Å². The lowest BCUT2D eigenvalue weighted by Crippen LogP contribution is -2.35. The second kappa shape index (κ2) is 4.11. The van der Waals surface area contributed by atoms with Crippen LogP contribution in [0, 0.1) is 0 Å². The zero-order valence-electron chi connectivity index (χ0n) is 8.37. The minimum absolute atomic E-state index is 0.169. The topological polar surface area (TPSA) is 46.3 Å². The van der Waals surface area contributed by atoms with E-state index < -0.39 is 0 Å². The zero-order chi connectivity index (χ0) is 10.8. The molecule has 0 radical (unpaired) electrons. The van der Waals surface area contributed by atoms with Gasteiger partial charge in [-0.2, -0.15) is 0 Å². The fourth-order valence-electron chi connectivity index (χ4n) is 1.76. The number of nitrogen functional groups attached to an aromatic ring is 1. The Morgan fingerprint density at radius 1 is 1.33 bits per heavy atom. The number of hydrogen-bond donors (Lipinski definition) is 1. The van der Waals surface area contributed by atoms with Crippen molar-refractivity contribution in [2.24, 2.45) is 0 Å². The molecule has 0 unspecified atom stereocenters. The number of carbonyl (C=O) groups is 1. The third-order valence-corrected chi connectivity index (χ3v) is 2.95. The normalized spacial score (nSPS) is 16.9. The van der Waals surface area contributed by atoms with Crippen molar-refractivity contribution in [1.82, 2.24) is 0 Å². The van der Waals surface area contributed by atoms with Crippen molar-refractivity contribution in [1.29, 1.82) is 0 Å². The summed E-state index contributed by atoms with van der Waals surface area (Å²) in [5, 5.41) is 0.505. The van der Waals surface area contributed by atoms with Crippen molar-refractivity contribution in [2.45, 2.75) is 19.3 Å². The van der Waals surface area contributed by atoms with Crippen molar-refractivity contribution < 1.29 is 4.79 Å². The van der Waals surface area contributed by atoms with E-state index in [1.165, 1.54) is 0 Å². The fraction of sp³-hybridized carbons (Fsp3) is 0.364. The Kier molecular flexibility index (Phi) is 2.82. The Morgan fingerprint density at radius 2 is 2.13 bits per heavy atom. The molecular weight excluding hydrogens is 212 g/mol. The van der Waals surface area contributed by atoms with Gasteiger partial charge in [0.15, 0.2) is 0 Å². The molecule has 2 N–H and O–H groups in total. The van der Waals surface area contributed by atoms with Crippen molar-refractivity contribution in [3.05, 3.63) is 23.2 Å². The summed E-state index contributed by atoms with van der Waals surface area (Å²) in [5.41, 5.74) is 7.01. The number of hydrogen-bond acceptors (Lipinski definition) is 2. The summed E-state index contributed by atoms with van der Waals surface area (Å²) < 4.78 is 0. The molecule has 1 amide bonds. The molecule has 1 aliphatic heterocycles. The van der Waals surface area contributed by atoms with Crippen LogP contribution in [0.4, 0.5) is 11.4 Å². The molecule has 4 heteroatoms. The molecule has 2 rings (SSSR count). The summed E-state index contributed by atoms with van der Waals surface area (Å²) in [6.45, 7) is 0.777.